The van der Waals surface area contributed by atoms with Crippen molar-refractivity contribution in [2.45, 2.75) is 171 Å². The lowest BCUT2D eigenvalue weighted by molar-refractivity contribution is -0.157. The molecule has 4 saturated carbocycles. The molecular weight excluding hydrogens is 600 g/mol. The molecule has 2 nitrogen and oxygen atoms in total. The van der Waals surface area contributed by atoms with E-state index in [1.807, 2.05) is 0 Å². The minimum absolute atomic E-state index is 0.0246. The Kier molecular flexibility index (Phi) is 11.2. The molecule has 0 aromatic carbocycles. The van der Waals surface area contributed by atoms with Crippen LogP contribution in [0.15, 0.2) is 0 Å². The van der Waals surface area contributed by atoms with Crippen LogP contribution in [0.5, 0.6) is 0 Å². The number of alkyl halides is 2. The van der Waals surface area contributed by atoms with Crippen LogP contribution < -0.4 is 0 Å². The van der Waals surface area contributed by atoms with Crippen LogP contribution in [0.3, 0.4) is 0 Å². The van der Waals surface area contributed by atoms with Crippen LogP contribution in [-0.4, -0.2) is 21.2 Å². The van der Waals surface area contributed by atoms with Gasteiger partial charge in [0.1, 0.15) is 6.10 Å². The maximum absolute atomic E-state index is 12.6. The number of halogens is 2. The summed E-state index contributed by atoms with van der Waals surface area (Å²) in [5, 5.41) is 0. The molecule has 4 heteroatoms. The Morgan fingerprint density at radius 1 is 0.842 bits per heavy atom. The highest BCUT2D eigenvalue weighted by Gasteiger charge is 2.66. The summed E-state index contributed by atoms with van der Waals surface area (Å²) in [5.41, 5.74) is 0.831. The van der Waals surface area contributed by atoms with Gasteiger partial charge in [-0.15, -0.1) is 0 Å². The molecule has 0 saturated heterocycles. The average molecular weight is 659 g/mol. The molecule has 4 aliphatic rings. The Morgan fingerprint density at radius 2 is 1.53 bits per heavy atom. The van der Waals surface area contributed by atoms with Gasteiger partial charge in [-0.3, -0.25) is 4.79 Å². The normalized spacial score (nSPS) is 42.3. The van der Waals surface area contributed by atoms with Crippen molar-refractivity contribution in [3.63, 3.8) is 0 Å². The van der Waals surface area contributed by atoms with Gasteiger partial charge in [-0.05, 0) is 92.3 Å². The van der Waals surface area contributed by atoms with E-state index in [4.69, 9.17) is 4.74 Å². The van der Waals surface area contributed by atoms with E-state index in [9.17, 15) is 4.79 Å². The molecule has 38 heavy (non-hydrogen) atoms. The van der Waals surface area contributed by atoms with E-state index in [-0.39, 0.29) is 21.8 Å². The molecule has 0 aromatic heterocycles. The number of hydrogen-bond acceptors (Lipinski definition) is 2. The molecule has 9 unspecified atom stereocenters. The molecular formula is C34H58Br2O2. The first-order valence-corrected chi connectivity index (χ1v) is 18.4. The third-order valence-electron chi connectivity index (χ3n) is 12.3. The second-order valence-electron chi connectivity index (χ2n) is 14.4. The van der Waals surface area contributed by atoms with Gasteiger partial charge in [0.05, 0.1) is 0 Å². The maximum atomic E-state index is 12.6. The van der Waals surface area contributed by atoms with Gasteiger partial charge in [-0.1, -0.05) is 117 Å². The van der Waals surface area contributed by atoms with E-state index in [0.29, 0.717) is 16.7 Å². The van der Waals surface area contributed by atoms with Gasteiger partial charge in [-0.25, -0.2) is 0 Å². The van der Waals surface area contributed by atoms with E-state index < -0.39 is 0 Å². The number of carbonyl (C=O) groups is 1. The predicted molar refractivity (Wildman–Crippen MR) is 168 cm³/mol. The lowest BCUT2D eigenvalue weighted by Gasteiger charge is -2.65. The van der Waals surface area contributed by atoms with E-state index in [2.05, 4.69) is 59.6 Å². The van der Waals surface area contributed by atoms with Crippen molar-refractivity contribution in [2.75, 3.05) is 0 Å². The van der Waals surface area contributed by atoms with Crippen molar-refractivity contribution >= 4 is 37.8 Å². The molecule has 0 bridgehead atoms. The Balaban J connectivity index is 1.36. The molecule has 0 aromatic rings. The molecule has 4 fully saturated rings. The lowest BCUT2D eigenvalue weighted by Crippen LogP contribution is -2.64. The Bertz CT molecular complexity index is 772. The zero-order valence-electron chi connectivity index (χ0n) is 25.2. The van der Waals surface area contributed by atoms with Crippen molar-refractivity contribution in [3.8, 4) is 0 Å². The van der Waals surface area contributed by atoms with Crippen LogP contribution in [0.4, 0.5) is 0 Å². The highest BCUT2D eigenvalue weighted by molar-refractivity contribution is 9.12. The zero-order chi connectivity index (χ0) is 27.4. The van der Waals surface area contributed by atoms with Crippen LogP contribution in [0.25, 0.3) is 0 Å². The zero-order valence-corrected chi connectivity index (χ0v) is 28.4. The number of ether oxygens (including phenoxy) is 1. The SMILES string of the molecule is CCCCCCCCC1CCC2C3CC(Br)C4(Br)CC(OC(=O)CCCCCC)CCC4(C)C3CCC12C. The van der Waals surface area contributed by atoms with Crippen LogP contribution in [0, 0.1) is 34.5 Å². The standard InChI is InChI=1S/C34H58Br2O2/c1-5-7-9-11-12-13-15-25-17-18-28-27-23-30(35)34(36)24-26(38-31(37)16-14-10-8-6-2)19-22-33(34,4)29(27)20-21-32(25,28)3/h25-30H,5-24H2,1-4H3. The fourth-order valence-electron chi connectivity index (χ4n) is 9.94. The fourth-order valence-corrected chi connectivity index (χ4v) is 12.1. The minimum atomic E-state index is 0.0246. The molecule has 0 aliphatic heterocycles. The molecule has 4 rings (SSSR count). The summed E-state index contributed by atoms with van der Waals surface area (Å²) in [4.78, 5) is 13.1. The Labute approximate surface area is 252 Å². The van der Waals surface area contributed by atoms with Gasteiger partial charge in [-0.2, -0.15) is 0 Å². The van der Waals surface area contributed by atoms with Gasteiger partial charge < -0.3 is 4.74 Å². The maximum Gasteiger partial charge on any atom is 0.306 e. The monoisotopic (exact) mass is 656 g/mol. The second-order valence-corrected chi connectivity index (χ2v) is 16.9. The molecule has 4 aliphatic carbocycles. The lowest BCUT2D eigenvalue weighted by atomic mass is 9.44. The van der Waals surface area contributed by atoms with Gasteiger partial charge in [0.2, 0.25) is 0 Å². The predicted octanol–water partition coefficient (Wildman–Crippen LogP) is 11.2. The van der Waals surface area contributed by atoms with Crippen molar-refractivity contribution in [3.05, 3.63) is 0 Å². The first kappa shape index (κ1) is 31.4. The Morgan fingerprint density at radius 3 is 2.26 bits per heavy atom. The molecule has 9 atom stereocenters. The van der Waals surface area contributed by atoms with E-state index >= 15 is 0 Å². The van der Waals surface area contributed by atoms with Gasteiger partial charge in [0.25, 0.3) is 0 Å². The molecule has 0 spiro atoms. The summed E-state index contributed by atoms with van der Waals surface area (Å²) >= 11 is 8.63. The Hall–Kier alpha value is 0.430. The van der Waals surface area contributed by atoms with Gasteiger partial charge in [0, 0.05) is 22.0 Å². The number of carbonyl (C=O) groups excluding carboxylic acids is 1. The van der Waals surface area contributed by atoms with Crippen LogP contribution in [-0.2, 0) is 9.53 Å². The number of unbranched alkanes of at least 4 members (excludes halogenated alkanes) is 8. The highest BCUT2D eigenvalue weighted by Crippen LogP contribution is 2.71. The second kappa shape index (κ2) is 13.6. The quantitative estimate of drug-likeness (QED) is 0.112. The summed E-state index contributed by atoms with van der Waals surface area (Å²) in [5.74, 6) is 3.53. The van der Waals surface area contributed by atoms with Crippen LogP contribution in [0.1, 0.15) is 156 Å². The number of hydrogen-bond donors (Lipinski definition) is 0. The van der Waals surface area contributed by atoms with Crippen molar-refractivity contribution < 1.29 is 9.53 Å². The average Bonchev–Trinajstić information content (AvgIpc) is 3.22. The summed E-state index contributed by atoms with van der Waals surface area (Å²) in [6.45, 7) is 9.82. The van der Waals surface area contributed by atoms with Crippen LogP contribution in [0.2, 0.25) is 0 Å². The first-order chi connectivity index (χ1) is 18.2. The highest BCUT2D eigenvalue weighted by atomic mass is 79.9. The summed E-state index contributed by atoms with van der Waals surface area (Å²) in [6.07, 6.45) is 25.4. The summed E-state index contributed by atoms with van der Waals surface area (Å²) < 4.78 is 6.12. The topological polar surface area (TPSA) is 26.3 Å². The third-order valence-corrected chi connectivity index (χ3v) is 15.9. The smallest absolute Gasteiger partial charge is 0.306 e. The molecule has 220 valence electrons. The van der Waals surface area contributed by atoms with Crippen molar-refractivity contribution in [1.29, 1.82) is 0 Å². The summed E-state index contributed by atoms with van der Waals surface area (Å²) in [7, 11) is 0. The minimum Gasteiger partial charge on any atom is -0.462 e. The first-order valence-electron chi connectivity index (χ1n) is 16.7. The number of esters is 1. The van der Waals surface area contributed by atoms with Crippen LogP contribution >= 0.6 is 31.9 Å². The van der Waals surface area contributed by atoms with E-state index in [1.165, 1.54) is 96.3 Å². The van der Waals surface area contributed by atoms with E-state index in [1.54, 1.807) is 0 Å². The van der Waals surface area contributed by atoms with E-state index in [0.717, 1.165) is 49.4 Å². The number of rotatable bonds is 13. The van der Waals surface area contributed by atoms with Gasteiger partial charge >= 0.3 is 5.97 Å². The molecule has 0 amide bonds. The molecule has 0 radical (unpaired) electrons. The third kappa shape index (κ3) is 6.27. The van der Waals surface area contributed by atoms with Gasteiger partial charge in [0.15, 0.2) is 0 Å². The fraction of sp³-hybridized carbons (Fsp3) is 0.971. The largest absolute Gasteiger partial charge is 0.462 e. The number of fused-ring (bicyclic) bond motifs is 5. The van der Waals surface area contributed by atoms with Crippen molar-refractivity contribution in [1.82, 2.24) is 0 Å². The van der Waals surface area contributed by atoms with Crippen molar-refractivity contribution in [2.24, 2.45) is 34.5 Å². The summed E-state index contributed by atoms with van der Waals surface area (Å²) in [6, 6.07) is 0. The molecule has 0 heterocycles. The molecule has 0 N–H and O–H groups in total.